The van der Waals surface area contributed by atoms with Crippen molar-refractivity contribution < 1.29 is 19.2 Å². The topological polar surface area (TPSA) is 98.5 Å². The van der Waals surface area contributed by atoms with Gasteiger partial charge in [0.25, 0.3) is 5.91 Å². The quantitative estimate of drug-likeness (QED) is 0.402. The largest absolute Gasteiger partial charge is 0.477 e. The minimum absolute atomic E-state index is 0.0563. The number of carbonyl (C=O) groups is 2. The van der Waals surface area contributed by atoms with Crippen LogP contribution in [0.5, 0.6) is 5.75 Å². The molecule has 0 aromatic heterocycles. The third kappa shape index (κ3) is 5.39. The zero-order valence-electron chi connectivity index (χ0n) is 16.2. The van der Waals surface area contributed by atoms with E-state index in [0.717, 1.165) is 18.1 Å². The summed E-state index contributed by atoms with van der Waals surface area (Å²) in [5.41, 5.74) is 2.01. The Labute approximate surface area is 163 Å². The molecule has 1 N–H and O–H groups in total. The predicted molar refractivity (Wildman–Crippen MR) is 106 cm³/mol. The summed E-state index contributed by atoms with van der Waals surface area (Å²) in [4.78, 5) is 33.7. The van der Waals surface area contributed by atoms with Crippen LogP contribution in [0, 0.1) is 16.0 Å². The average Bonchev–Trinajstić information content (AvgIpc) is 2.70. The zero-order valence-corrected chi connectivity index (χ0v) is 16.2. The van der Waals surface area contributed by atoms with Gasteiger partial charge in [-0.2, -0.15) is 0 Å². The van der Waals surface area contributed by atoms with Gasteiger partial charge in [-0.3, -0.25) is 19.7 Å². The van der Waals surface area contributed by atoms with E-state index in [-0.39, 0.29) is 41.5 Å². The number of nitrogens with one attached hydrogen (secondary N) is 1. The van der Waals surface area contributed by atoms with E-state index in [4.69, 9.17) is 4.74 Å². The molecule has 7 heteroatoms. The van der Waals surface area contributed by atoms with Crippen LogP contribution in [0.4, 0.5) is 5.69 Å². The van der Waals surface area contributed by atoms with Gasteiger partial charge in [0, 0.05) is 11.6 Å². The van der Waals surface area contributed by atoms with Crippen LogP contribution in [0.15, 0.2) is 42.5 Å². The molecule has 0 fully saturated rings. The van der Waals surface area contributed by atoms with Gasteiger partial charge in [0.2, 0.25) is 0 Å². The Morgan fingerprint density at radius 3 is 2.43 bits per heavy atom. The molecular weight excluding hydrogens is 360 g/mol. The number of nitro benzene ring substituents is 1. The molecular formula is C21H24N2O5. The summed E-state index contributed by atoms with van der Waals surface area (Å²) < 4.78 is 5.34. The van der Waals surface area contributed by atoms with Crippen molar-refractivity contribution in [3.8, 4) is 5.75 Å². The van der Waals surface area contributed by atoms with Crippen molar-refractivity contribution in [2.75, 3.05) is 6.61 Å². The van der Waals surface area contributed by atoms with Gasteiger partial charge in [0.15, 0.2) is 12.4 Å². The number of amides is 1. The molecule has 28 heavy (non-hydrogen) atoms. The highest BCUT2D eigenvalue weighted by molar-refractivity contribution is 5.79. The lowest BCUT2D eigenvalue weighted by Crippen LogP contribution is -2.35. The second-order valence-electron chi connectivity index (χ2n) is 6.78. The van der Waals surface area contributed by atoms with Crippen LogP contribution >= 0.6 is 0 Å². The molecule has 1 amide bonds. The minimum atomic E-state index is -0.646. The molecule has 1 atom stereocenters. The molecule has 0 unspecified atom stereocenters. The number of rotatable bonds is 9. The fourth-order valence-electron chi connectivity index (χ4n) is 2.83. The number of carbonyl (C=O) groups excluding carboxylic acids is 2. The summed E-state index contributed by atoms with van der Waals surface area (Å²) in [6, 6.07) is 11.7. The summed E-state index contributed by atoms with van der Waals surface area (Å²) in [6.07, 6.45) is 1.45. The Kier molecular flexibility index (Phi) is 7.26. The van der Waals surface area contributed by atoms with Crippen molar-refractivity contribution in [2.45, 2.75) is 33.2 Å². The molecule has 2 rings (SSSR count). The molecule has 7 nitrogen and oxygen atoms in total. The van der Waals surface area contributed by atoms with E-state index >= 15 is 0 Å². The van der Waals surface area contributed by atoms with Crippen molar-refractivity contribution in [3.05, 3.63) is 69.3 Å². The molecule has 0 spiro atoms. The van der Waals surface area contributed by atoms with Gasteiger partial charge < -0.3 is 10.1 Å². The third-order valence-corrected chi connectivity index (χ3v) is 4.40. The van der Waals surface area contributed by atoms with Crippen LogP contribution in [0.1, 0.15) is 48.3 Å². The second kappa shape index (κ2) is 9.64. The van der Waals surface area contributed by atoms with Gasteiger partial charge in [0.05, 0.1) is 11.0 Å². The monoisotopic (exact) mass is 384 g/mol. The number of ether oxygens (including phenoxy) is 1. The highest BCUT2D eigenvalue weighted by Gasteiger charge is 2.21. The number of hydrogen-bond acceptors (Lipinski definition) is 5. The van der Waals surface area contributed by atoms with Gasteiger partial charge in [-0.15, -0.1) is 0 Å². The van der Waals surface area contributed by atoms with Gasteiger partial charge >= 0.3 is 5.69 Å². The lowest BCUT2D eigenvalue weighted by atomic mass is 9.95. The zero-order chi connectivity index (χ0) is 20.7. The van der Waals surface area contributed by atoms with E-state index in [0.29, 0.717) is 6.29 Å². The number of benzene rings is 2. The first-order chi connectivity index (χ1) is 13.3. The van der Waals surface area contributed by atoms with Crippen LogP contribution in [0.2, 0.25) is 0 Å². The van der Waals surface area contributed by atoms with E-state index in [1.807, 2.05) is 38.1 Å². The maximum absolute atomic E-state index is 12.4. The molecule has 0 saturated heterocycles. The van der Waals surface area contributed by atoms with E-state index in [9.17, 15) is 19.7 Å². The fourth-order valence-corrected chi connectivity index (χ4v) is 2.83. The average molecular weight is 384 g/mol. The number of nitrogens with zero attached hydrogens (tertiary/aromatic N) is 1. The Morgan fingerprint density at radius 2 is 1.89 bits per heavy atom. The van der Waals surface area contributed by atoms with Crippen molar-refractivity contribution >= 4 is 17.9 Å². The summed E-state index contributed by atoms with van der Waals surface area (Å²) in [5, 5.41) is 14.1. The van der Waals surface area contributed by atoms with Gasteiger partial charge in [-0.05, 0) is 35.6 Å². The van der Waals surface area contributed by atoms with Gasteiger partial charge in [-0.1, -0.05) is 45.0 Å². The first kappa shape index (κ1) is 21.1. The predicted octanol–water partition coefficient (Wildman–Crippen LogP) is 3.86. The molecule has 0 radical (unpaired) electrons. The maximum atomic E-state index is 12.4. The van der Waals surface area contributed by atoms with E-state index in [2.05, 4.69) is 12.2 Å². The molecule has 2 aromatic carbocycles. The van der Waals surface area contributed by atoms with Crippen LogP contribution in [0.3, 0.4) is 0 Å². The third-order valence-electron chi connectivity index (χ3n) is 4.40. The van der Waals surface area contributed by atoms with E-state index in [1.54, 1.807) is 0 Å². The van der Waals surface area contributed by atoms with E-state index in [1.165, 1.54) is 17.7 Å². The van der Waals surface area contributed by atoms with Crippen molar-refractivity contribution in [1.82, 2.24) is 5.32 Å². The van der Waals surface area contributed by atoms with Crippen molar-refractivity contribution in [1.29, 1.82) is 0 Å². The molecule has 0 aliphatic heterocycles. The maximum Gasteiger partial charge on any atom is 0.311 e. The smallest absolute Gasteiger partial charge is 0.311 e. The number of aryl methyl sites for hydroxylation is 1. The normalized spacial score (nSPS) is 11.7. The lowest BCUT2D eigenvalue weighted by Gasteiger charge is -2.23. The first-order valence-corrected chi connectivity index (χ1v) is 9.10. The molecule has 0 aliphatic rings. The van der Waals surface area contributed by atoms with Gasteiger partial charge in [0.1, 0.15) is 6.29 Å². The fraction of sp³-hybridized carbons (Fsp3) is 0.333. The Morgan fingerprint density at radius 1 is 1.21 bits per heavy atom. The van der Waals surface area contributed by atoms with Crippen molar-refractivity contribution in [3.63, 3.8) is 0 Å². The number of nitro groups is 1. The Bertz CT molecular complexity index is 846. The van der Waals surface area contributed by atoms with Gasteiger partial charge in [-0.25, -0.2) is 0 Å². The molecule has 2 aromatic rings. The van der Waals surface area contributed by atoms with E-state index < -0.39 is 4.92 Å². The van der Waals surface area contributed by atoms with Crippen molar-refractivity contribution in [2.24, 2.45) is 5.92 Å². The number of hydrogen-bond donors (Lipinski definition) is 1. The molecule has 0 bridgehead atoms. The standard InChI is InChI=1S/C21H24N2O5/c1-4-15-5-8-17(9-6-15)21(14(2)3)22-20(25)13-28-19-10-7-16(12-24)11-18(19)23(26)27/h5-12,14,21H,4,13H2,1-3H3,(H,22,25)/t21-/m0/s1. The minimum Gasteiger partial charge on any atom is -0.477 e. The van der Waals surface area contributed by atoms with Crippen LogP contribution in [0.25, 0.3) is 0 Å². The lowest BCUT2D eigenvalue weighted by molar-refractivity contribution is -0.385. The SMILES string of the molecule is CCc1ccc([C@@H](NC(=O)COc2ccc(C=O)cc2[N+](=O)[O-])C(C)C)cc1. The highest BCUT2D eigenvalue weighted by Crippen LogP contribution is 2.27. The van der Waals surface area contributed by atoms with Crippen LogP contribution < -0.4 is 10.1 Å². The highest BCUT2D eigenvalue weighted by atomic mass is 16.6. The molecule has 148 valence electrons. The van der Waals surface area contributed by atoms with Crippen LogP contribution in [-0.2, 0) is 11.2 Å². The summed E-state index contributed by atoms with van der Waals surface area (Å²) >= 11 is 0. The first-order valence-electron chi connectivity index (χ1n) is 9.10. The number of aldehydes is 1. The molecule has 0 saturated carbocycles. The van der Waals surface area contributed by atoms with Crippen LogP contribution in [-0.4, -0.2) is 23.7 Å². The Balaban J connectivity index is 2.07. The summed E-state index contributed by atoms with van der Waals surface area (Å²) in [6.45, 7) is 5.72. The molecule has 0 aliphatic carbocycles. The summed E-state index contributed by atoms with van der Waals surface area (Å²) in [5.74, 6) is -0.288. The molecule has 0 heterocycles. The summed E-state index contributed by atoms with van der Waals surface area (Å²) in [7, 11) is 0. The Hall–Kier alpha value is -3.22. The second-order valence-corrected chi connectivity index (χ2v) is 6.78.